The number of nitrogens with one attached hydrogen (secondary N) is 2. The Labute approximate surface area is 136 Å². The number of hydrogen-bond donors (Lipinski definition) is 2. The Morgan fingerprint density at radius 1 is 1.27 bits per heavy atom. The first-order chi connectivity index (χ1) is 10.6. The first-order valence-corrected chi connectivity index (χ1v) is 8.03. The molecular weight excluding hydrogens is 304 g/mol. The summed E-state index contributed by atoms with van der Waals surface area (Å²) in [5.41, 5.74) is 0.881. The fourth-order valence-corrected chi connectivity index (χ4v) is 2.51. The zero-order valence-electron chi connectivity index (χ0n) is 13.1. The van der Waals surface area contributed by atoms with Crippen LogP contribution in [0, 0.1) is 5.92 Å². The third-order valence-corrected chi connectivity index (χ3v) is 3.63. The maximum absolute atomic E-state index is 11.7. The van der Waals surface area contributed by atoms with E-state index in [1.165, 1.54) is 0 Å². The number of carbonyl (C=O) groups is 1. The lowest BCUT2D eigenvalue weighted by atomic mass is 10.1. The van der Waals surface area contributed by atoms with Crippen molar-refractivity contribution in [2.45, 2.75) is 33.2 Å². The summed E-state index contributed by atoms with van der Waals surface area (Å²) in [5, 5.41) is 6.17. The van der Waals surface area contributed by atoms with Crippen LogP contribution in [0.15, 0.2) is 12.1 Å². The average Bonchev–Trinajstić information content (AvgIpc) is 2.49. The van der Waals surface area contributed by atoms with Crippen LogP contribution >= 0.6 is 11.6 Å². The number of rotatable bonds is 6. The minimum Gasteiger partial charge on any atom is -0.486 e. The molecule has 0 radical (unpaired) electrons. The lowest BCUT2D eigenvalue weighted by Gasteiger charge is -2.20. The van der Waals surface area contributed by atoms with Gasteiger partial charge >= 0.3 is 6.03 Å². The maximum atomic E-state index is 11.7. The number of hydrogen-bond acceptors (Lipinski definition) is 3. The number of halogens is 1. The monoisotopic (exact) mass is 326 g/mol. The van der Waals surface area contributed by atoms with E-state index in [1.807, 2.05) is 6.07 Å². The van der Waals surface area contributed by atoms with E-state index >= 15 is 0 Å². The van der Waals surface area contributed by atoms with Crippen LogP contribution in [-0.4, -0.2) is 25.8 Å². The van der Waals surface area contributed by atoms with Crippen molar-refractivity contribution < 1.29 is 14.3 Å². The summed E-state index contributed by atoms with van der Waals surface area (Å²) in [7, 11) is 0. The van der Waals surface area contributed by atoms with Gasteiger partial charge in [-0.25, -0.2) is 4.79 Å². The van der Waals surface area contributed by atoms with E-state index in [0.29, 0.717) is 48.7 Å². The van der Waals surface area contributed by atoms with Crippen molar-refractivity contribution in [3.63, 3.8) is 0 Å². The summed E-state index contributed by atoms with van der Waals surface area (Å²) < 4.78 is 11.0. The minimum absolute atomic E-state index is 0.172. The summed E-state index contributed by atoms with van der Waals surface area (Å²) in [5.74, 6) is 1.87. The molecule has 2 rings (SSSR count). The number of ether oxygens (including phenoxy) is 2. The second-order valence-corrected chi connectivity index (χ2v) is 6.15. The molecule has 122 valence electrons. The van der Waals surface area contributed by atoms with Gasteiger partial charge in [0.2, 0.25) is 0 Å². The molecule has 6 heteroatoms. The minimum atomic E-state index is -0.172. The number of carbonyl (C=O) groups excluding carboxylic acids is 1. The summed E-state index contributed by atoms with van der Waals surface area (Å²) in [6.07, 6.45) is 2.10. The van der Waals surface area contributed by atoms with E-state index in [-0.39, 0.29) is 6.03 Å². The summed E-state index contributed by atoms with van der Waals surface area (Å²) in [6, 6.07) is 3.46. The predicted octanol–water partition coefficient (Wildman–Crippen LogP) is 3.35. The van der Waals surface area contributed by atoms with E-state index in [2.05, 4.69) is 24.5 Å². The lowest BCUT2D eigenvalue weighted by Crippen LogP contribution is -2.35. The first-order valence-electron chi connectivity index (χ1n) is 7.66. The number of amides is 2. The Morgan fingerprint density at radius 2 is 2.05 bits per heavy atom. The summed E-state index contributed by atoms with van der Waals surface area (Å²) in [6.45, 7) is 6.44. The molecule has 0 spiro atoms. The molecule has 0 fully saturated rings. The summed E-state index contributed by atoms with van der Waals surface area (Å²) >= 11 is 6.16. The number of urea groups is 1. The van der Waals surface area contributed by atoms with Gasteiger partial charge in [0, 0.05) is 13.1 Å². The smallest absolute Gasteiger partial charge is 0.315 e. The Balaban J connectivity index is 1.79. The highest BCUT2D eigenvalue weighted by Gasteiger charge is 2.16. The Hall–Kier alpha value is -1.62. The van der Waals surface area contributed by atoms with Gasteiger partial charge in [-0.3, -0.25) is 0 Å². The van der Waals surface area contributed by atoms with Gasteiger partial charge < -0.3 is 20.1 Å². The molecular formula is C16H23ClN2O3. The van der Waals surface area contributed by atoms with Gasteiger partial charge in [0.05, 0.1) is 5.02 Å². The van der Waals surface area contributed by atoms with E-state index in [9.17, 15) is 4.79 Å². The molecule has 2 amide bonds. The van der Waals surface area contributed by atoms with Gasteiger partial charge in [-0.05, 0) is 36.5 Å². The van der Waals surface area contributed by atoms with Gasteiger partial charge in [0.15, 0.2) is 11.5 Å². The van der Waals surface area contributed by atoms with Crippen molar-refractivity contribution in [2.75, 3.05) is 19.8 Å². The van der Waals surface area contributed by atoms with Crippen molar-refractivity contribution in [3.8, 4) is 11.5 Å². The van der Waals surface area contributed by atoms with Gasteiger partial charge in [0.1, 0.15) is 13.2 Å². The highest BCUT2D eigenvalue weighted by atomic mass is 35.5. The maximum Gasteiger partial charge on any atom is 0.315 e. The molecule has 1 aliphatic rings. The Bertz CT molecular complexity index is 520. The highest BCUT2D eigenvalue weighted by molar-refractivity contribution is 6.32. The van der Waals surface area contributed by atoms with Gasteiger partial charge in [-0.2, -0.15) is 0 Å². The predicted molar refractivity (Wildman–Crippen MR) is 86.8 cm³/mol. The molecule has 0 aliphatic carbocycles. The van der Waals surface area contributed by atoms with Crippen molar-refractivity contribution in [1.29, 1.82) is 0 Å². The van der Waals surface area contributed by atoms with Crippen LogP contribution in [0.5, 0.6) is 11.5 Å². The molecule has 22 heavy (non-hydrogen) atoms. The van der Waals surface area contributed by atoms with Crippen molar-refractivity contribution in [2.24, 2.45) is 5.92 Å². The molecule has 0 saturated heterocycles. The molecule has 1 aromatic rings. The van der Waals surface area contributed by atoms with Gasteiger partial charge in [-0.15, -0.1) is 0 Å². The fourth-order valence-electron chi connectivity index (χ4n) is 2.22. The lowest BCUT2D eigenvalue weighted by molar-refractivity contribution is 0.171. The van der Waals surface area contributed by atoms with E-state index < -0.39 is 0 Å². The largest absolute Gasteiger partial charge is 0.486 e. The van der Waals surface area contributed by atoms with E-state index in [1.54, 1.807) is 6.07 Å². The molecule has 0 atom stereocenters. The second kappa shape index (κ2) is 8.13. The number of fused-ring (bicyclic) bond motifs is 1. The zero-order chi connectivity index (χ0) is 15.9. The third kappa shape index (κ3) is 4.98. The van der Waals surface area contributed by atoms with Gasteiger partial charge in [0.25, 0.3) is 0 Å². The fraction of sp³-hybridized carbons (Fsp3) is 0.562. The van der Waals surface area contributed by atoms with Crippen molar-refractivity contribution in [3.05, 3.63) is 22.7 Å². The van der Waals surface area contributed by atoms with Crippen molar-refractivity contribution >= 4 is 17.6 Å². The second-order valence-electron chi connectivity index (χ2n) is 5.75. The molecule has 0 unspecified atom stereocenters. The van der Waals surface area contributed by atoms with Crippen LogP contribution < -0.4 is 20.1 Å². The van der Waals surface area contributed by atoms with E-state index in [0.717, 1.165) is 18.4 Å². The van der Waals surface area contributed by atoms with Crippen LogP contribution in [-0.2, 0) is 6.54 Å². The molecule has 5 nitrogen and oxygen atoms in total. The quantitative estimate of drug-likeness (QED) is 0.788. The highest BCUT2D eigenvalue weighted by Crippen LogP contribution is 2.38. The molecule has 1 aliphatic heterocycles. The van der Waals surface area contributed by atoms with Crippen LogP contribution in [0.1, 0.15) is 32.3 Å². The molecule has 1 heterocycles. The molecule has 1 aromatic carbocycles. The summed E-state index contributed by atoms with van der Waals surface area (Å²) in [4.78, 5) is 11.7. The molecule has 0 aromatic heterocycles. The topological polar surface area (TPSA) is 59.6 Å². The van der Waals surface area contributed by atoms with Gasteiger partial charge in [-0.1, -0.05) is 25.4 Å². The number of benzene rings is 1. The average molecular weight is 327 g/mol. The third-order valence-electron chi connectivity index (χ3n) is 3.35. The Morgan fingerprint density at radius 3 is 2.82 bits per heavy atom. The van der Waals surface area contributed by atoms with E-state index in [4.69, 9.17) is 21.1 Å². The normalized spacial score (nSPS) is 13.1. The molecule has 0 bridgehead atoms. The van der Waals surface area contributed by atoms with Crippen molar-refractivity contribution in [1.82, 2.24) is 10.6 Å². The zero-order valence-corrected chi connectivity index (χ0v) is 13.8. The standard InChI is InChI=1S/C16H23ClN2O3/c1-11(2)4-3-5-18-16(20)19-10-12-8-13(17)15-14(9-12)21-6-7-22-15/h8-9,11H,3-7,10H2,1-2H3,(H2,18,19,20). The Kier molecular flexibility index (Phi) is 6.19. The van der Waals surface area contributed by atoms with Crippen LogP contribution in [0.3, 0.4) is 0 Å². The van der Waals surface area contributed by atoms with Crippen LogP contribution in [0.25, 0.3) is 0 Å². The first kappa shape index (κ1) is 16.7. The SMILES string of the molecule is CC(C)CCCNC(=O)NCc1cc(Cl)c2c(c1)OCCO2. The molecule has 2 N–H and O–H groups in total. The molecule has 0 saturated carbocycles. The van der Waals surface area contributed by atoms with Crippen LogP contribution in [0.2, 0.25) is 5.02 Å². The van der Waals surface area contributed by atoms with Crippen LogP contribution in [0.4, 0.5) is 4.79 Å².